The SMILES string of the molecule is ClCC1CO1.c1cc2nc(c1)COc1ccccc1OCCOCCOc1ccccc1OC2.c1cc2nc(c1)COc1ccccc1OCCOCCOc1ccccc1OC2. The Morgan fingerprint density at radius 1 is 0.349 bits per heavy atom. The van der Waals surface area contributed by atoms with Gasteiger partial charge in [-0.25, -0.2) is 0 Å². The maximum Gasteiger partial charge on any atom is 0.161 e. The number of hydrogen-bond acceptors (Lipinski definition) is 13. The molecule has 2 aromatic heterocycles. The molecule has 3 aliphatic rings. The summed E-state index contributed by atoms with van der Waals surface area (Å²) in [4.78, 5) is 9.26. The molecular weight excluding hydrogens is 828 g/mol. The van der Waals surface area contributed by atoms with Crippen LogP contribution in [0, 0.1) is 0 Å². The highest BCUT2D eigenvalue weighted by Crippen LogP contribution is 2.30. The van der Waals surface area contributed by atoms with Gasteiger partial charge in [-0.15, -0.1) is 11.6 Å². The Hall–Kier alpha value is -6.25. The average molecular weight is 879 g/mol. The van der Waals surface area contributed by atoms with Crippen molar-refractivity contribution in [1.29, 1.82) is 0 Å². The lowest BCUT2D eigenvalue weighted by Crippen LogP contribution is -2.13. The summed E-state index contributed by atoms with van der Waals surface area (Å²) >= 11 is 5.27. The summed E-state index contributed by atoms with van der Waals surface area (Å²) in [6.07, 6.45) is 0.400. The fourth-order valence-corrected chi connectivity index (χ4v) is 6.12. The highest BCUT2D eigenvalue weighted by Gasteiger charge is 2.19. The lowest BCUT2D eigenvalue weighted by atomic mass is 10.3. The molecule has 6 aromatic rings. The van der Waals surface area contributed by atoms with Gasteiger partial charge < -0.3 is 52.1 Å². The van der Waals surface area contributed by atoms with Gasteiger partial charge in [-0.3, -0.25) is 9.97 Å². The summed E-state index contributed by atoms with van der Waals surface area (Å²) in [6.45, 7) is 5.76. The molecule has 1 saturated heterocycles. The van der Waals surface area contributed by atoms with E-state index in [-0.39, 0.29) is 0 Å². The standard InChI is InChI=1S/2C23H23NO5.C3H5ClO/c2*1-3-10-22-20(8-1)26-14-12-25-13-15-27-21-9-2-4-11-23(21)29-17-19-7-5-6-18(24-19)16-28-22;4-1-3-2-5-3/h2*1-11H,12-17H2;3H,1-2H2. The van der Waals surface area contributed by atoms with Gasteiger partial charge in [0.05, 0.1) is 67.8 Å². The van der Waals surface area contributed by atoms with Gasteiger partial charge in [0, 0.05) is 0 Å². The van der Waals surface area contributed by atoms with Gasteiger partial charge in [-0.1, -0.05) is 60.7 Å². The Morgan fingerprint density at radius 3 is 0.825 bits per heavy atom. The van der Waals surface area contributed by atoms with Crippen LogP contribution in [0.3, 0.4) is 0 Å². The monoisotopic (exact) mass is 878 g/mol. The number of hydrogen-bond donors (Lipinski definition) is 0. The first-order valence-electron chi connectivity index (χ1n) is 20.8. The number of ether oxygens (including phenoxy) is 11. The van der Waals surface area contributed by atoms with E-state index in [4.69, 9.17) is 63.7 Å². The van der Waals surface area contributed by atoms with E-state index in [9.17, 15) is 0 Å². The highest BCUT2D eigenvalue weighted by molar-refractivity contribution is 6.18. The molecular formula is C49H51ClN2O11. The lowest BCUT2D eigenvalue weighted by Gasteiger charge is -2.15. The van der Waals surface area contributed by atoms with Crippen molar-refractivity contribution in [2.24, 2.45) is 0 Å². The predicted molar refractivity (Wildman–Crippen MR) is 236 cm³/mol. The quantitative estimate of drug-likeness (QED) is 0.115. The van der Waals surface area contributed by atoms with Crippen LogP contribution in [0.25, 0.3) is 0 Å². The van der Waals surface area contributed by atoms with Gasteiger partial charge in [0.1, 0.15) is 52.9 Å². The molecule has 0 radical (unpaired) electrons. The Morgan fingerprint density at radius 2 is 0.603 bits per heavy atom. The Bertz CT molecular complexity index is 1980. The van der Waals surface area contributed by atoms with Crippen molar-refractivity contribution in [2.75, 3.05) is 65.3 Å². The van der Waals surface area contributed by atoms with Crippen molar-refractivity contribution in [3.05, 3.63) is 156 Å². The maximum atomic E-state index is 5.94. The smallest absolute Gasteiger partial charge is 0.161 e. The molecule has 0 amide bonds. The van der Waals surface area contributed by atoms with Gasteiger partial charge in [0.15, 0.2) is 46.0 Å². The number of alkyl halides is 1. The molecule has 1 atom stereocenters. The maximum absolute atomic E-state index is 5.94. The summed E-state index contributed by atoms with van der Waals surface area (Å²) in [5.74, 6) is 6.10. The van der Waals surface area contributed by atoms with E-state index in [1.165, 1.54) is 0 Å². The van der Waals surface area contributed by atoms with Crippen molar-refractivity contribution in [3.63, 3.8) is 0 Å². The fourth-order valence-electron chi connectivity index (χ4n) is 5.94. The minimum atomic E-state index is 0.338. The van der Waals surface area contributed by atoms with E-state index in [2.05, 4.69) is 9.97 Å². The van der Waals surface area contributed by atoms with Crippen molar-refractivity contribution < 1.29 is 52.1 Å². The average Bonchev–Trinajstić information content (AvgIpc) is 4.18. The highest BCUT2D eigenvalue weighted by atomic mass is 35.5. The van der Waals surface area contributed by atoms with Crippen LogP contribution in [0.15, 0.2) is 133 Å². The topological polar surface area (TPSA) is 131 Å². The van der Waals surface area contributed by atoms with E-state index in [0.717, 1.165) is 29.4 Å². The summed E-state index contributed by atoms with van der Waals surface area (Å²) in [6, 6.07) is 42.0. The van der Waals surface area contributed by atoms with Crippen molar-refractivity contribution in [3.8, 4) is 46.0 Å². The lowest BCUT2D eigenvalue weighted by molar-refractivity contribution is 0.0743. The van der Waals surface area contributed by atoms with Gasteiger partial charge in [0.25, 0.3) is 0 Å². The summed E-state index contributed by atoms with van der Waals surface area (Å²) < 4.78 is 62.9. The largest absolute Gasteiger partial charge is 0.487 e. The molecule has 0 N–H and O–H groups in total. The van der Waals surface area contributed by atoms with Crippen LogP contribution in [0.4, 0.5) is 0 Å². The van der Waals surface area contributed by atoms with Crippen LogP contribution < -0.4 is 37.9 Å². The second kappa shape index (κ2) is 25.0. The normalized spacial score (nSPS) is 16.6. The third kappa shape index (κ3) is 15.3. The number of epoxide rings is 1. The second-order valence-electron chi connectivity index (χ2n) is 13.9. The number of aromatic nitrogens is 2. The molecule has 9 rings (SSSR count). The first-order valence-corrected chi connectivity index (χ1v) is 21.3. The van der Waals surface area contributed by atoms with Crippen molar-refractivity contribution >= 4 is 11.6 Å². The summed E-state index contributed by atoms with van der Waals surface area (Å²) in [5, 5.41) is 0. The second-order valence-corrected chi connectivity index (χ2v) is 14.2. The third-order valence-corrected chi connectivity index (χ3v) is 9.49. The number of benzene rings is 4. The molecule has 3 aliphatic heterocycles. The molecule has 4 aromatic carbocycles. The number of rotatable bonds is 1. The molecule has 14 heteroatoms. The number of fused-ring (bicyclic) bond motifs is 8. The third-order valence-electron chi connectivity index (χ3n) is 9.14. The molecule has 0 aliphatic carbocycles. The predicted octanol–water partition coefficient (Wildman–Crippen LogP) is 8.68. The number of halogens is 1. The summed E-state index contributed by atoms with van der Waals surface area (Å²) in [5.41, 5.74) is 3.26. The van der Waals surface area contributed by atoms with E-state index in [1.54, 1.807) is 0 Å². The van der Waals surface area contributed by atoms with E-state index < -0.39 is 0 Å². The van der Waals surface area contributed by atoms with Crippen LogP contribution in [-0.4, -0.2) is 81.4 Å². The zero-order valence-corrected chi connectivity index (χ0v) is 35.7. The zero-order valence-electron chi connectivity index (χ0n) is 34.9. The molecule has 1 unspecified atom stereocenters. The van der Waals surface area contributed by atoms with Crippen LogP contribution >= 0.6 is 11.6 Å². The Labute approximate surface area is 372 Å². The molecule has 0 saturated carbocycles. The number of nitrogens with zero attached hydrogens (tertiary/aromatic N) is 2. The van der Waals surface area contributed by atoms with Gasteiger partial charge >= 0.3 is 0 Å². The molecule has 0 spiro atoms. The molecule has 13 nitrogen and oxygen atoms in total. The van der Waals surface area contributed by atoms with E-state index >= 15 is 0 Å². The first kappa shape index (κ1) is 44.8. The molecule has 330 valence electrons. The zero-order chi connectivity index (χ0) is 43.2. The van der Waals surface area contributed by atoms with Crippen LogP contribution in [0.5, 0.6) is 46.0 Å². The fraction of sp³-hybridized carbons (Fsp3) is 0.306. The van der Waals surface area contributed by atoms with Crippen LogP contribution in [0.2, 0.25) is 0 Å². The number of pyridine rings is 2. The minimum Gasteiger partial charge on any atom is -0.487 e. The number of para-hydroxylation sites is 8. The minimum absolute atomic E-state index is 0.338. The first-order chi connectivity index (χ1) is 31.2. The van der Waals surface area contributed by atoms with E-state index in [1.807, 2.05) is 133 Å². The van der Waals surface area contributed by atoms with Crippen LogP contribution in [0.1, 0.15) is 22.8 Å². The van der Waals surface area contributed by atoms with Gasteiger partial charge in [-0.2, -0.15) is 0 Å². The van der Waals surface area contributed by atoms with Crippen molar-refractivity contribution in [1.82, 2.24) is 9.97 Å². The van der Waals surface area contributed by atoms with Crippen molar-refractivity contribution in [2.45, 2.75) is 32.5 Å². The van der Waals surface area contributed by atoms with E-state index in [0.29, 0.717) is 137 Å². The Balaban J connectivity index is 0.000000170. The van der Waals surface area contributed by atoms with Crippen LogP contribution in [-0.2, 0) is 40.6 Å². The van der Waals surface area contributed by atoms with Gasteiger partial charge in [0.2, 0.25) is 0 Å². The Kier molecular flexibility index (Phi) is 17.8. The molecule has 5 heterocycles. The molecule has 4 bridgehead atoms. The summed E-state index contributed by atoms with van der Waals surface area (Å²) in [7, 11) is 0. The van der Waals surface area contributed by atoms with Gasteiger partial charge in [-0.05, 0) is 72.8 Å². The molecule has 63 heavy (non-hydrogen) atoms. The molecule has 1 fully saturated rings.